The van der Waals surface area contributed by atoms with Gasteiger partial charge in [-0.2, -0.15) is 0 Å². The van der Waals surface area contributed by atoms with Gasteiger partial charge in [-0.05, 0) is 73.7 Å². The molecular weight excluding hydrogens is 314 g/mol. The van der Waals surface area contributed by atoms with Gasteiger partial charge in [-0.25, -0.2) is 4.31 Å². The molecule has 1 fully saturated rings. The average molecular weight is 342 g/mol. The first-order valence-electron chi connectivity index (χ1n) is 8.59. The summed E-state index contributed by atoms with van der Waals surface area (Å²) in [5.41, 5.74) is 6.44. The van der Waals surface area contributed by atoms with Crippen LogP contribution in [0.1, 0.15) is 16.7 Å². The molecule has 0 aliphatic carbocycles. The van der Waals surface area contributed by atoms with E-state index in [1.165, 1.54) is 33.0 Å². The summed E-state index contributed by atoms with van der Waals surface area (Å²) in [7, 11) is 2.17. The first-order valence-corrected chi connectivity index (χ1v) is 9.36. The highest BCUT2D eigenvalue weighted by Gasteiger charge is 2.16. The molecule has 0 aromatic heterocycles. The molecule has 1 aliphatic heterocycles. The highest BCUT2D eigenvalue weighted by atomic mass is 32.2. The second-order valence-corrected chi connectivity index (χ2v) is 7.79. The monoisotopic (exact) mass is 341 g/mol. The number of anilines is 2. The van der Waals surface area contributed by atoms with E-state index in [4.69, 9.17) is 0 Å². The molecule has 0 unspecified atom stereocenters. The molecule has 1 saturated heterocycles. The van der Waals surface area contributed by atoms with Crippen LogP contribution in [0, 0.1) is 20.8 Å². The largest absolute Gasteiger partial charge is 0.344 e. The molecule has 3 rings (SSSR count). The number of hydrogen-bond acceptors (Lipinski definition) is 4. The Morgan fingerprint density at radius 3 is 2.25 bits per heavy atom. The lowest BCUT2D eigenvalue weighted by molar-refractivity contribution is 0.396. The predicted molar refractivity (Wildman–Crippen MR) is 105 cm³/mol. The number of nitrogens with zero attached hydrogens (tertiary/aromatic N) is 2. The molecule has 0 amide bonds. The SMILES string of the molecule is Cc1cc(C)cc(N(C)c2ccc(C)cc2SN2CCNCC2)c1. The minimum atomic E-state index is 1.07. The minimum Gasteiger partial charge on any atom is -0.344 e. The van der Waals surface area contributed by atoms with Gasteiger partial charge >= 0.3 is 0 Å². The Morgan fingerprint density at radius 1 is 0.917 bits per heavy atom. The Labute approximate surface area is 150 Å². The van der Waals surface area contributed by atoms with Crippen LogP contribution in [-0.2, 0) is 0 Å². The zero-order valence-corrected chi connectivity index (χ0v) is 15.9. The van der Waals surface area contributed by atoms with Crippen LogP contribution in [0.2, 0.25) is 0 Å². The van der Waals surface area contributed by atoms with E-state index < -0.39 is 0 Å². The lowest BCUT2D eigenvalue weighted by Crippen LogP contribution is -2.39. The second kappa shape index (κ2) is 7.60. The zero-order chi connectivity index (χ0) is 17.1. The van der Waals surface area contributed by atoms with Gasteiger partial charge in [-0.1, -0.05) is 12.1 Å². The van der Waals surface area contributed by atoms with E-state index in [1.807, 2.05) is 11.9 Å². The van der Waals surface area contributed by atoms with Crippen LogP contribution in [0.5, 0.6) is 0 Å². The van der Waals surface area contributed by atoms with E-state index in [0.717, 1.165) is 26.2 Å². The summed E-state index contributed by atoms with van der Waals surface area (Å²) in [6.07, 6.45) is 0. The average Bonchev–Trinajstić information content (AvgIpc) is 2.54. The zero-order valence-electron chi connectivity index (χ0n) is 15.1. The maximum absolute atomic E-state index is 3.42. The number of nitrogens with one attached hydrogen (secondary N) is 1. The van der Waals surface area contributed by atoms with E-state index in [0.29, 0.717) is 0 Å². The fourth-order valence-electron chi connectivity index (χ4n) is 3.13. The molecule has 24 heavy (non-hydrogen) atoms. The molecule has 1 heterocycles. The molecule has 3 nitrogen and oxygen atoms in total. The summed E-state index contributed by atoms with van der Waals surface area (Å²) in [4.78, 5) is 3.64. The molecule has 0 bridgehead atoms. The lowest BCUT2D eigenvalue weighted by atomic mass is 10.1. The number of hydrogen-bond donors (Lipinski definition) is 1. The molecule has 1 N–H and O–H groups in total. The number of piperazine rings is 1. The Hall–Kier alpha value is -1.49. The molecule has 1 aliphatic rings. The Balaban J connectivity index is 1.91. The molecule has 0 atom stereocenters. The molecule has 4 heteroatoms. The van der Waals surface area contributed by atoms with Crippen LogP contribution in [0.15, 0.2) is 41.3 Å². The third-order valence-corrected chi connectivity index (χ3v) is 5.52. The minimum absolute atomic E-state index is 1.07. The topological polar surface area (TPSA) is 18.5 Å². The Bertz CT molecular complexity index is 688. The van der Waals surface area contributed by atoms with Gasteiger partial charge in [0.2, 0.25) is 0 Å². The van der Waals surface area contributed by atoms with E-state index in [9.17, 15) is 0 Å². The maximum atomic E-state index is 3.42. The van der Waals surface area contributed by atoms with Crippen molar-refractivity contribution < 1.29 is 0 Å². The van der Waals surface area contributed by atoms with Gasteiger partial charge in [-0.15, -0.1) is 0 Å². The van der Waals surface area contributed by atoms with Gasteiger partial charge in [0.1, 0.15) is 0 Å². The summed E-state index contributed by atoms with van der Waals surface area (Å²) in [5, 5.41) is 3.42. The third-order valence-electron chi connectivity index (χ3n) is 4.37. The van der Waals surface area contributed by atoms with Crippen LogP contribution >= 0.6 is 11.9 Å². The summed E-state index contributed by atoms with van der Waals surface area (Å²) >= 11 is 1.89. The predicted octanol–water partition coefficient (Wildman–Crippen LogP) is 4.29. The standard InChI is InChI=1S/C20H27N3S/c1-15-5-6-19(20(14-15)24-23-9-7-21-8-10-23)22(4)18-12-16(2)11-17(3)13-18/h5-6,11-14,21H,7-10H2,1-4H3. The van der Waals surface area contributed by atoms with Crippen LogP contribution < -0.4 is 10.2 Å². The Morgan fingerprint density at radius 2 is 1.58 bits per heavy atom. The van der Waals surface area contributed by atoms with E-state index >= 15 is 0 Å². The smallest absolute Gasteiger partial charge is 0.0559 e. The van der Waals surface area contributed by atoms with Crippen molar-refractivity contribution in [2.24, 2.45) is 0 Å². The van der Waals surface area contributed by atoms with Crippen LogP contribution in [0.4, 0.5) is 11.4 Å². The van der Waals surface area contributed by atoms with Crippen molar-refractivity contribution >= 4 is 23.3 Å². The first-order chi connectivity index (χ1) is 11.5. The molecule has 128 valence electrons. The lowest BCUT2D eigenvalue weighted by Gasteiger charge is -2.29. The third kappa shape index (κ3) is 4.12. The number of rotatable bonds is 4. The fourth-order valence-corrected chi connectivity index (χ4v) is 4.31. The highest BCUT2D eigenvalue weighted by Crippen LogP contribution is 2.36. The van der Waals surface area contributed by atoms with Crippen molar-refractivity contribution in [3.8, 4) is 0 Å². The number of aryl methyl sites for hydroxylation is 3. The van der Waals surface area contributed by atoms with Gasteiger partial charge in [0.05, 0.1) is 5.69 Å². The van der Waals surface area contributed by atoms with Crippen LogP contribution in [-0.4, -0.2) is 37.5 Å². The normalized spacial score (nSPS) is 15.5. The van der Waals surface area contributed by atoms with Crippen molar-refractivity contribution in [1.29, 1.82) is 0 Å². The van der Waals surface area contributed by atoms with Crippen LogP contribution in [0.25, 0.3) is 0 Å². The first kappa shape index (κ1) is 17.3. The number of benzene rings is 2. The van der Waals surface area contributed by atoms with Crippen molar-refractivity contribution in [2.45, 2.75) is 25.7 Å². The highest BCUT2D eigenvalue weighted by molar-refractivity contribution is 7.97. The fraction of sp³-hybridized carbons (Fsp3) is 0.400. The summed E-state index contributed by atoms with van der Waals surface area (Å²) in [6, 6.07) is 13.5. The summed E-state index contributed by atoms with van der Waals surface area (Å²) < 4.78 is 2.46. The van der Waals surface area contributed by atoms with Crippen LogP contribution in [0.3, 0.4) is 0 Å². The molecule has 0 radical (unpaired) electrons. The molecule has 0 spiro atoms. The van der Waals surface area contributed by atoms with Gasteiger partial charge in [-0.3, -0.25) is 0 Å². The molecule has 2 aromatic rings. The van der Waals surface area contributed by atoms with E-state index in [1.54, 1.807) is 0 Å². The van der Waals surface area contributed by atoms with Gasteiger partial charge in [0, 0.05) is 43.8 Å². The van der Waals surface area contributed by atoms with Gasteiger partial charge in [0.15, 0.2) is 0 Å². The van der Waals surface area contributed by atoms with Crippen molar-refractivity contribution in [3.63, 3.8) is 0 Å². The van der Waals surface area contributed by atoms with Gasteiger partial charge < -0.3 is 10.2 Å². The molecule has 2 aromatic carbocycles. The van der Waals surface area contributed by atoms with Crippen molar-refractivity contribution in [1.82, 2.24) is 9.62 Å². The summed E-state index contributed by atoms with van der Waals surface area (Å²) in [5.74, 6) is 0. The molecule has 0 saturated carbocycles. The maximum Gasteiger partial charge on any atom is 0.0559 e. The van der Waals surface area contributed by atoms with Crippen molar-refractivity contribution in [3.05, 3.63) is 53.1 Å². The van der Waals surface area contributed by atoms with Gasteiger partial charge in [0.25, 0.3) is 0 Å². The van der Waals surface area contributed by atoms with E-state index in [2.05, 4.69) is 78.7 Å². The van der Waals surface area contributed by atoms with E-state index in [-0.39, 0.29) is 0 Å². The second-order valence-electron chi connectivity index (χ2n) is 6.65. The summed E-state index contributed by atoms with van der Waals surface area (Å²) in [6.45, 7) is 10.8. The quantitative estimate of drug-likeness (QED) is 0.836. The molecular formula is C20H27N3S. The Kier molecular flexibility index (Phi) is 5.49. The van der Waals surface area contributed by atoms with Crippen molar-refractivity contribution in [2.75, 3.05) is 38.1 Å².